The first-order valence-corrected chi connectivity index (χ1v) is 12.0. The molecule has 1 saturated carbocycles. The maximum Gasteiger partial charge on any atom is 0.242 e. The first kappa shape index (κ1) is 19.9. The first-order chi connectivity index (χ1) is 13.4. The average Bonchev–Trinajstić information content (AvgIpc) is 3.03. The highest BCUT2D eigenvalue weighted by Crippen LogP contribution is 2.36. The standard InChI is InChI=1S/C21H32N4O2S/c1-4-25-20-10-9-18(28(26,27)23(2)3)13-19(20)22-21(25)15-24-12-11-16-7-5-6-8-17(16)14-24/h9-10,13,16-17H,4-8,11-12,14-15H2,1-3H3/t16-,17-/m0/s1. The molecule has 0 radical (unpaired) electrons. The van der Waals surface area contributed by atoms with Gasteiger partial charge in [0, 0.05) is 27.2 Å². The van der Waals surface area contributed by atoms with Crippen LogP contribution >= 0.6 is 0 Å². The van der Waals surface area contributed by atoms with Crippen molar-refractivity contribution in [1.82, 2.24) is 18.8 Å². The van der Waals surface area contributed by atoms with Crippen LogP contribution in [0.5, 0.6) is 0 Å². The van der Waals surface area contributed by atoms with Gasteiger partial charge in [-0.1, -0.05) is 19.3 Å². The van der Waals surface area contributed by atoms with Gasteiger partial charge >= 0.3 is 0 Å². The lowest BCUT2D eigenvalue weighted by Crippen LogP contribution is -2.41. The smallest absolute Gasteiger partial charge is 0.242 e. The summed E-state index contributed by atoms with van der Waals surface area (Å²) in [5.41, 5.74) is 1.79. The molecule has 0 unspecified atom stereocenters. The van der Waals surface area contributed by atoms with E-state index >= 15 is 0 Å². The highest BCUT2D eigenvalue weighted by molar-refractivity contribution is 7.89. The Morgan fingerprint density at radius 2 is 1.89 bits per heavy atom. The maximum atomic E-state index is 12.5. The number of piperidine rings is 1. The number of aryl methyl sites for hydroxylation is 1. The van der Waals surface area contributed by atoms with Gasteiger partial charge in [-0.3, -0.25) is 4.90 Å². The monoisotopic (exact) mass is 404 g/mol. The van der Waals surface area contributed by atoms with Crippen molar-refractivity contribution in [3.05, 3.63) is 24.0 Å². The minimum atomic E-state index is -3.45. The number of hydrogen-bond acceptors (Lipinski definition) is 4. The van der Waals surface area contributed by atoms with Crippen LogP contribution in [0.15, 0.2) is 23.1 Å². The summed E-state index contributed by atoms with van der Waals surface area (Å²) in [6.07, 6.45) is 6.88. The third kappa shape index (κ3) is 3.60. The van der Waals surface area contributed by atoms with Crippen LogP contribution < -0.4 is 0 Å². The van der Waals surface area contributed by atoms with E-state index in [1.54, 1.807) is 26.2 Å². The molecule has 6 nitrogen and oxygen atoms in total. The topological polar surface area (TPSA) is 58.4 Å². The number of hydrogen-bond donors (Lipinski definition) is 0. The van der Waals surface area contributed by atoms with Crippen LogP contribution in [0.1, 0.15) is 44.9 Å². The summed E-state index contributed by atoms with van der Waals surface area (Å²) in [5.74, 6) is 2.82. The predicted molar refractivity (Wildman–Crippen MR) is 112 cm³/mol. The van der Waals surface area contributed by atoms with Gasteiger partial charge in [-0.05, 0) is 56.3 Å². The van der Waals surface area contributed by atoms with Gasteiger partial charge in [-0.25, -0.2) is 17.7 Å². The SMILES string of the molecule is CCn1c(CN2CC[C@@H]3CCCC[C@H]3C2)nc2cc(S(=O)(=O)N(C)C)ccc21. The fraction of sp³-hybridized carbons (Fsp3) is 0.667. The fourth-order valence-electron chi connectivity index (χ4n) is 5.02. The van der Waals surface area contributed by atoms with Gasteiger partial charge in [-0.15, -0.1) is 0 Å². The van der Waals surface area contributed by atoms with Crippen molar-refractivity contribution in [1.29, 1.82) is 0 Å². The fourth-order valence-corrected chi connectivity index (χ4v) is 5.95. The molecule has 2 heterocycles. The van der Waals surface area contributed by atoms with Crippen LogP contribution in [0.3, 0.4) is 0 Å². The van der Waals surface area contributed by atoms with Gasteiger partial charge < -0.3 is 4.57 Å². The zero-order valence-corrected chi connectivity index (χ0v) is 18.1. The predicted octanol–water partition coefficient (Wildman–Crippen LogP) is 3.32. The van der Waals surface area contributed by atoms with Crippen molar-refractivity contribution in [2.24, 2.45) is 11.8 Å². The largest absolute Gasteiger partial charge is 0.327 e. The van der Waals surface area contributed by atoms with E-state index in [-0.39, 0.29) is 0 Å². The molecule has 0 bridgehead atoms. The van der Waals surface area contributed by atoms with Crippen molar-refractivity contribution < 1.29 is 8.42 Å². The quantitative estimate of drug-likeness (QED) is 0.767. The van der Waals surface area contributed by atoms with E-state index < -0.39 is 10.0 Å². The Hall–Kier alpha value is -1.44. The molecule has 2 atom stereocenters. The second-order valence-electron chi connectivity index (χ2n) is 8.54. The van der Waals surface area contributed by atoms with Crippen molar-refractivity contribution in [2.75, 3.05) is 27.2 Å². The minimum absolute atomic E-state index is 0.306. The van der Waals surface area contributed by atoms with Gasteiger partial charge in [0.05, 0.1) is 22.5 Å². The lowest BCUT2D eigenvalue weighted by atomic mass is 9.75. The van der Waals surface area contributed by atoms with E-state index in [1.165, 1.54) is 43.0 Å². The lowest BCUT2D eigenvalue weighted by Gasteiger charge is -2.41. The Morgan fingerprint density at radius 1 is 1.14 bits per heavy atom. The molecule has 1 aliphatic heterocycles. The highest BCUT2D eigenvalue weighted by Gasteiger charge is 2.31. The van der Waals surface area contributed by atoms with Crippen LogP contribution in [0.4, 0.5) is 0 Å². The maximum absolute atomic E-state index is 12.5. The van der Waals surface area contributed by atoms with E-state index in [0.29, 0.717) is 4.90 Å². The Bertz CT molecular complexity index is 951. The normalized spacial score (nSPS) is 24.0. The van der Waals surface area contributed by atoms with E-state index in [0.717, 1.165) is 48.3 Å². The molecule has 1 saturated heterocycles. The molecule has 0 spiro atoms. The van der Waals surface area contributed by atoms with Crippen LogP contribution in [0, 0.1) is 11.8 Å². The summed E-state index contributed by atoms with van der Waals surface area (Å²) in [6.45, 7) is 6.14. The Labute approximate surface area is 168 Å². The summed E-state index contributed by atoms with van der Waals surface area (Å²) >= 11 is 0. The summed E-state index contributed by atoms with van der Waals surface area (Å²) < 4.78 is 28.4. The molecular weight excluding hydrogens is 372 g/mol. The average molecular weight is 405 g/mol. The van der Waals surface area contributed by atoms with Crippen molar-refractivity contribution in [3.8, 4) is 0 Å². The number of imidazole rings is 1. The van der Waals surface area contributed by atoms with Crippen molar-refractivity contribution in [3.63, 3.8) is 0 Å². The second-order valence-corrected chi connectivity index (χ2v) is 10.7. The molecule has 28 heavy (non-hydrogen) atoms. The van der Waals surface area contributed by atoms with E-state index in [2.05, 4.69) is 16.4 Å². The number of aromatic nitrogens is 2. The summed E-state index contributed by atoms with van der Waals surface area (Å²) in [5, 5.41) is 0. The van der Waals surface area contributed by atoms with Gasteiger partial charge in [0.2, 0.25) is 10.0 Å². The number of sulfonamides is 1. The van der Waals surface area contributed by atoms with Crippen LogP contribution in [0.2, 0.25) is 0 Å². The summed E-state index contributed by atoms with van der Waals surface area (Å²) in [4.78, 5) is 7.71. The van der Waals surface area contributed by atoms with Gasteiger partial charge in [-0.2, -0.15) is 0 Å². The molecule has 154 valence electrons. The number of benzene rings is 1. The van der Waals surface area contributed by atoms with Gasteiger partial charge in [0.25, 0.3) is 0 Å². The second kappa shape index (κ2) is 7.76. The van der Waals surface area contributed by atoms with Crippen LogP contribution in [0.25, 0.3) is 11.0 Å². The number of likely N-dealkylation sites (tertiary alicyclic amines) is 1. The zero-order chi connectivity index (χ0) is 19.9. The summed E-state index contributed by atoms with van der Waals surface area (Å²) in [6, 6.07) is 5.32. The van der Waals surface area contributed by atoms with E-state index in [9.17, 15) is 8.42 Å². The van der Waals surface area contributed by atoms with Crippen molar-refractivity contribution in [2.45, 2.75) is 57.0 Å². The molecule has 4 rings (SSSR count). The highest BCUT2D eigenvalue weighted by atomic mass is 32.2. The van der Waals surface area contributed by atoms with E-state index in [1.807, 2.05) is 6.07 Å². The molecule has 1 aliphatic carbocycles. The number of fused-ring (bicyclic) bond motifs is 2. The molecule has 1 aromatic heterocycles. The third-order valence-corrected chi connectivity index (χ3v) is 8.44. The number of rotatable bonds is 5. The third-order valence-electron chi connectivity index (χ3n) is 6.63. The van der Waals surface area contributed by atoms with Gasteiger partial charge in [0.15, 0.2) is 0 Å². The molecule has 2 aromatic rings. The molecule has 1 aromatic carbocycles. The van der Waals surface area contributed by atoms with E-state index in [4.69, 9.17) is 4.98 Å². The molecular formula is C21H32N4O2S. The first-order valence-electron chi connectivity index (χ1n) is 10.5. The Morgan fingerprint density at radius 3 is 2.61 bits per heavy atom. The van der Waals surface area contributed by atoms with Crippen molar-refractivity contribution >= 4 is 21.1 Å². The molecule has 0 N–H and O–H groups in total. The molecule has 2 fully saturated rings. The van der Waals surface area contributed by atoms with Gasteiger partial charge in [0.1, 0.15) is 5.82 Å². The zero-order valence-electron chi connectivity index (χ0n) is 17.3. The molecule has 2 aliphatic rings. The Balaban J connectivity index is 1.60. The molecule has 0 amide bonds. The Kier molecular flexibility index (Phi) is 5.51. The van der Waals surface area contributed by atoms with Crippen LogP contribution in [-0.4, -0.2) is 54.4 Å². The van der Waals surface area contributed by atoms with Crippen LogP contribution in [-0.2, 0) is 23.1 Å². The summed E-state index contributed by atoms with van der Waals surface area (Å²) in [7, 11) is -0.326. The lowest BCUT2D eigenvalue weighted by molar-refractivity contribution is 0.0797. The molecule has 7 heteroatoms. The number of nitrogens with zero attached hydrogens (tertiary/aromatic N) is 4. The minimum Gasteiger partial charge on any atom is -0.327 e.